The van der Waals surface area contributed by atoms with Crippen molar-refractivity contribution in [3.8, 4) is 0 Å². The molecule has 6 nitrogen and oxygen atoms in total. The number of carbonyl (C=O) groups excluding carboxylic acids is 2. The van der Waals surface area contributed by atoms with Crippen molar-refractivity contribution in [3.63, 3.8) is 0 Å². The Hall–Kier alpha value is -2.37. The number of anilines is 1. The smallest absolute Gasteiger partial charge is 0.306 e. The first-order valence-corrected chi connectivity index (χ1v) is 8.75. The normalized spacial score (nSPS) is 26.8. The molecule has 0 radical (unpaired) electrons. The fourth-order valence-electron chi connectivity index (χ4n) is 3.82. The van der Waals surface area contributed by atoms with Crippen molar-refractivity contribution in [2.24, 2.45) is 17.8 Å². The number of piperidine rings is 1. The molecule has 2 heterocycles. The first-order chi connectivity index (χ1) is 11.9. The number of carboxylic acids is 1. The number of hydrogen-bond donors (Lipinski definition) is 1. The lowest BCUT2D eigenvalue weighted by molar-refractivity contribution is -0.149. The fraction of sp³-hybridized carbons (Fsp3) is 0.526. The molecule has 134 valence electrons. The van der Waals surface area contributed by atoms with E-state index in [-0.39, 0.29) is 30.1 Å². The van der Waals surface area contributed by atoms with E-state index in [0.29, 0.717) is 26.1 Å². The highest BCUT2D eigenvalue weighted by Gasteiger charge is 2.40. The van der Waals surface area contributed by atoms with Crippen LogP contribution < -0.4 is 4.90 Å². The van der Waals surface area contributed by atoms with Gasteiger partial charge in [-0.2, -0.15) is 0 Å². The van der Waals surface area contributed by atoms with Crippen molar-refractivity contribution in [1.29, 1.82) is 0 Å². The molecule has 0 spiro atoms. The van der Waals surface area contributed by atoms with E-state index in [0.717, 1.165) is 11.3 Å². The van der Waals surface area contributed by atoms with Crippen LogP contribution >= 0.6 is 0 Å². The minimum absolute atomic E-state index is 0.0290. The van der Waals surface area contributed by atoms with Gasteiger partial charge in [0.1, 0.15) is 0 Å². The molecule has 2 amide bonds. The second-order valence-corrected chi connectivity index (χ2v) is 7.24. The first-order valence-electron chi connectivity index (χ1n) is 8.75. The Labute approximate surface area is 147 Å². The van der Waals surface area contributed by atoms with Crippen LogP contribution in [0.15, 0.2) is 24.3 Å². The molecular weight excluding hydrogens is 320 g/mol. The summed E-state index contributed by atoms with van der Waals surface area (Å²) in [5, 5.41) is 9.21. The van der Waals surface area contributed by atoms with Gasteiger partial charge in [-0.1, -0.05) is 24.6 Å². The van der Waals surface area contributed by atoms with Crippen molar-refractivity contribution in [2.45, 2.75) is 26.7 Å². The first kappa shape index (κ1) is 17.5. The molecule has 1 aromatic rings. The molecule has 0 saturated carbocycles. The maximum atomic E-state index is 12.8. The molecule has 2 fully saturated rings. The Bertz CT molecular complexity index is 685. The number of carboxylic acid groups (broad SMARTS) is 1. The molecule has 0 aromatic heterocycles. The predicted octanol–water partition coefficient (Wildman–Crippen LogP) is 1.92. The van der Waals surface area contributed by atoms with E-state index >= 15 is 0 Å². The van der Waals surface area contributed by atoms with Gasteiger partial charge in [0.05, 0.1) is 11.8 Å². The van der Waals surface area contributed by atoms with Crippen molar-refractivity contribution in [3.05, 3.63) is 29.8 Å². The Balaban J connectivity index is 1.65. The molecule has 3 atom stereocenters. The van der Waals surface area contributed by atoms with Crippen molar-refractivity contribution >= 4 is 23.5 Å². The molecule has 0 aliphatic carbocycles. The van der Waals surface area contributed by atoms with Crippen LogP contribution in [0.1, 0.15) is 25.3 Å². The van der Waals surface area contributed by atoms with Gasteiger partial charge in [0, 0.05) is 31.7 Å². The molecular formula is C19H24N2O4. The van der Waals surface area contributed by atoms with Crippen molar-refractivity contribution in [2.75, 3.05) is 24.5 Å². The summed E-state index contributed by atoms with van der Waals surface area (Å²) in [5.74, 6) is -1.66. The largest absolute Gasteiger partial charge is 0.481 e. The van der Waals surface area contributed by atoms with Gasteiger partial charge in [0.2, 0.25) is 11.8 Å². The zero-order valence-corrected chi connectivity index (χ0v) is 14.6. The summed E-state index contributed by atoms with van der Waals surface area (Å²) in [6.07, 6.45) is 0.699. The standard InChI is InChI=1S/C19H24N2O4/c1-12-3-5-15(6-4-12)21-11-14(9-17(21)22)18(23)20-8-7-16(19(24)25)13(2)10-20/h3-6,13-14,16H,7-11H2,1-2H3,(H,24,25). The SMILES string of the molecule is Cc1ccc(N2CC(C(=O)N3CCC(C(=O)O)C(C)C3)CC2=O)cc1. The third-order valence-electron chi connectivity index (χ3n) is 5.35. The molecule has 3 unspecified atom stereocenters. The summed E-state index contributed by atoms with van der Waals surface area (Å²) in [5.41, 5.74) is 1.95. The van der Waals surface area contributed by atoms with Gasteiger partial charge >= 0.3 is 5.97 Å². The maximum Gasteiger partial charge on any atom is 0.306 e. The molecule has 2 aliphatic heterocycles. The number of likely N-dealkylation sites (tertiary alicyclic amines) is 1. The highest BCUT2D eigenvalue weighted by molar-refractivity contribution is 6.00. The Morgan fingerprint density at radius 1 is 1.16 bits per heavy atom. The third kappa shape index (κ3) is 3.52. The molecule has 1 aromatic carbocycles. The van der Waals surface area contributed by atoms with E-state index in [2.05, 4.69) is 0 Å². The average Bonchev–Trinajstić information content (AvgIpc) is 2.96. The summed E-state index contributed by atoms with van der Waals surface area (Å²) in [6.45, 7) is 5.16. The Morgan fingerprint density at radius 2 is 1.84 bits per heavy atom. The molecule has 2 aliphatic rings. The monoisotopic (exact) mass is 344 g/mol. The van der Waals surface area contributed by atoms with E-state index in [9.17, 15) is 19.5 Å². The van der Waals surface area contributed by atoms with Gasteiger partial charge in [0.15, 0.2) is 0 Å². The van der Waals surface area contributed by atoms with E-state index < -0.39 is 11.9 Å². The average molecular weight is 344 g/mol. The van der Waals surface area contributed by atoms with E-state index in [1.807, 2.05) is 38.1 Å². The minimum atomic E-state index is -0.791. The lowest BCUT2D eigenvalue weighted by Gasteiger charge is -2.36. The zero-order chi connectivity index (χ0) is 18.1. The van der Waals surface area contributed by atoms with E-state index in [1.54, 1.807) is 9.80 Å². The second kappa shape index (κ2) is 6.86. The summed E-state index contributed by atoms with van der Waals surface area (Å²) in [7, 11) is 0. The molecule has 6 heteroatoms. The lowest BCUT2D eigenvalue weighted by atomic mass is 9.86. The van der Waals surface area contributed by atoms with Gasteiger partial charge in [-0.25, -0.2) is 0 Å². The van der Waals surface area contributed by atoms with Crippen LogP contribution in [0.25, 0.3) is 0 Å². The highest BCUT2D eigenvalue weighted by Crippen LogP contribution is 2.29. The number of nitrogens with zero attached hydrogens (tertiary/aromatic N) is 2. The summed E-state index contributed by atoms with van der Waals surface area (Å²) in [4.78, 5) is 39.8. The molecule has 2 saturated heterocycles. The number of aliphatic carboxylic acids is 1. The predicted molar refractivity (Wildman–Crippen MR) is 93.1 cm³/mol. The van der Waals surface area contributed by atoms with Crippen LogP contribution in [0.5, 0.6) is 0 Å². The summed E-state index contributed by atoms with van der Waals surface area (Å²) < 4.78 is 0. The summed E-state index contributed by atoms with van der Waals surface area (Å²) >= 11 is 0. The van der Waals surface area contributed by atoms with Crippen molar-refractivity contribution < 1.29 is 19.5 Å². The van der Waals surface area contributed by atoms with Gasteiger partial charge in [-0.3, -0.25) is 14.4 Å². The van der Waals surface area contributed by atoms with Crippen LogP contribution in [0.4, 0.5) is 5.69 Å². The van der Waals surface area contributed by atoms with Gasteiger partial charge in [-0.05, 0) is 31.4 Å². The molecule has 0 bridgehead atoms. The zero-order valence-electron chi connectivity index (χ0n) is 14.6. The van der Waals surface area contributed by atoms with Crippen LogP contribution in [-0.2, 0) is 14.4 Å². The van der Waals surface area contributed by atoms with E-state index in [4.69, 9.17) is 0 Å². The Kier molecular flexibility index (Phi) is 4.79. The van der Waals surface area contributed by atoms with Crippen LogP contribution in [0, 0.1) is 24.7 Å². The molecule has 1 N–H and O–H groups in total. The minimum Gasteiger partial charge on any atom is -0.481 e. The topological polar surface area (TPSA) is 77.9 Å². The molecule has 3 rings (SSSR count). The summed E-state index contributed by atoms with van der Waals surface area (Å²) in [6, 6.07) is 7.72. The maximum absolute atomic E-state index is 12.8. The number of amides is 2. The van der Waals surface area contributed by atoms with Crippen LogP contribution in [0.3, 0.4) is 0 Å². The quantitative estimate of drug-likeness (QED) is 0.909. The van der Waals surface area contributed by atoms with Crippen molar-refractivity contribution in [1.82, 2.24) is 4.90 Å². The second-order valence-electron chi connectivity index (χ2n) is 7.24. The number of hydrogen-bond acceptors (Lipinski definition) is 3. The van der Waals surface area contributed by atoms with Gasteiger partial charge in [0.25, 0.3) is 0 Å². The highest BCUT2D eigenvalue weighted by atomic mass is 16.4. The Morgan fingerprint density at radius 3 is 2.44 bits per heavy atom. The number of aryl methyl sites for hydroxylation is 1. The third-order valence-corrected chi connectivity index (χ3v) is 5.35. The number of benzene rings is 1. The van der Waals surface area contributed by atoms with Crippen LogP contribution in [0.2, 0.25) is 0 Å². The van der Waals surface area contributed by atoms with Crippen LogP contribution in [-0.4, -0.2) is 47.4 Å². The lowest BCUT2D eigenvalue weighted by Crippen LogP contribution is -2.47. The number of rotatable bonds is 3. The molecule has 25 heavy (non-hydrogen) atoms. The van der Waals surface area contributed by atoms with E-state index in [1.165, 1.54) is 0 Å². The van der Waals surface area contributed by atoms with Gasteiger partial charge < -0.3 is 14.9 Å². The number of carbonyl (C=O) groups is 3. The fourth-order valence-corrected chi connectivity index (χ4v) is 3.82. The van der Waals surface area contributed by atoms with Gasteiger partial charge in [-0.15, -0.1) is 0 Å².